The number of aromatic amines is 1. The van der Waals surface area contributed by atoms with Crippen LogP contribution < -0.4 is 17.0 Å². The second kappa shape index (κ2) is 12.0. The number of halogens is 1. The molecule has 6 rings (SSSR count). The number of aromatic nitrogens is 8. The zero-order chi connectivity index (χ0) is 32.2. The van der Waals surface area contributed by atoms with Gasteiger partial charge in [-0.05, 0) is 4.57 Å². The molecule has 2 fully saturated rings. The van der Waals surface area contributed by atoms with E-state index < -0.39 is 83.7 Å². The molecule has 0 spiro atoms. The monoisotopic (exact) mass is 677 g/mol. The molecule has 45 heavy (non-hydrogen) atoms. The van der Waals surface area contributed by atoms with Crippen LogP contribution in [0.5, 0.6) is 0 Å². The summed E-state index contributed by atoms with van der Waals surface area (Å²) in [5, 5.41) is 21.3. The van der Waals surface area contributed by atoms with Crippen LogP contribution in [0.25, 0.3) is 22.3 Å². The Bertz CT molecular complexity index is 1860. The van der Waals surface area contributed by atoms with E-state index in [1.807, 2.05) is 0 Å². The summed E-state index contributed by atoms with van der Waals surface area (Å²) in [5.41, 5.74) is 10.5. The summed E-state index contributed by atoms with van der Waals surface area (Å²) in [7, 11) is -8.04. The molecule has 0 aromatic carbocycles. The third-order valence-electron chi connectivity index (χ3n) is 6.86. The lowest BCUT2D eigenvalue weighted by molar-refractivity contribution is -0.166. The predicted molar refractivity (Wildman–Crippen MR) is 143 cm³/mol. The van der Waals surface area contributed by atoms with E-state index in [0.717, 1.165) is 21.8 Å². The summed E-state index contributed by atoms with van der Waals surface area (Å²) in [6.07, 6.45) is -11.3. The van der Waals surface area contributed by atoms with Gasteiger partial charge in [-0.25, -0.2) is 28.9 Å². The molecule has 4 aromatic heterocycles. The van der Waals surface area contributed by atoms with Gasteiger partial charge < -0.3 is 40.8 Å². The summed E-state index contributed by atoms with van der Waals surface area (Å²) < 4.78 is 68.0. The molecule has 2 saturated heterocycles. The van der Waals surface area contributed by atoms with Gasteiger partial charge in [-0.3, -0.25) is 28.0 Å². The molecule has 0 bridgehead atoms. The van der Waals surface area contributed by atoms with Crippen molar-refractivity contribution >= 4 is 49.9 Å². The number of aliphatic hydroxyl groups is 2. The SMILES string of the molecule is Nc1nc2c(ncn2[C@@H]2O[C@H](OC[P+](=O)O)[C@H](O)[C@@H]2OP(=O)(O)OC[C@H]2O[C@@H](n3cnc4c(N)ncnc43)[C@@H](F)[C@H]2O)c(=O)[nH]1. The van der Waals surface area contributed by atoms with Crippen LogP contribution in [0.2, 0.25) is 0 Å². The van der Waals surface area contributed by atoms with Gasteiger partial charge in [0.15, 0.2) is 47.5 Å². The van der Waals surface area contributed by atoms with Crippen LogP contribution in [0.3, 0.4) is 0 Å². The van der Waals surface area contributed by atoms with Crippen molar-refractivity contribution in [3.8, 4) is 0 Å². The van der Waals surface area contributed by atoms with Crippen LogP contribution in [0, 0.1) is 0 Å². The average Bonchev–Trinajstić information content (AvgIpc) is 3.73. The van der Waals surface area contributed by atoms with Crippen LogP contribution in [0.4, 0.5) is 16.2 Å². The highest BCUT2D eigenvalue weighted by Gasteiger charge is 2.52. The van der Waals surface area contributed by atoms with E-state index in [9.17, 15) is 29.0 Å². The van der Waals surface area contributed by atoms with Crippen LogP contribution >= 0.6 is 15.9 Å². The molecule has 2 aliphatic rings. The number of H-pyrrole nitrogens is 1. The number of nitrogens with two attached hydrogens (primary N) is 2. The Labute approximate surface area is 249 Å². The number of rotatable bonds is 10. The van der Waals surface area contributed by atoms with Gasteiger partial charge in [0, 0.05) is 0 Å². The van der Waals surface area contributed by atoms with Crippen LogP contribution in [0.1, 0.15) is 12.5 Å². The zero-order valence-electron chi connectivity index (χ0n) is 22.4. The first-order valence-electron chi connectivity index (χ1n) is 12.7. The normalized spacial score (nSPS) is 30.3. The van der Waals surface area contributed by atoms with Gasteiger partial charge in [0.25, 0.3) is 11.9 Å². The highest BCUT2D eigenvalue weighted by atomic mass is 31.2. The third kappa shape index (κ3) is 5.91. The Morgan fingerprint density at radius 1 is 1.07 bits per heavy atom. The summed E-state index contributed by atoms with van der Waals surface area (Å²) in [4.78, 5) is 53.9. The molecule has 0 amide bonds. The fourth-order valence-electron chi connectivity index (χ4n) is 4.83. The van der Waals surface area contributed by atoms with Gasteiger partial charge in [-0.15, -0.1) is 0 Å². The Morgan fingerprint density at radius 3 is 2.51 bits per heavy atom. The Balaban J connectivity index is 1.20. The van der Waals surface area contributed by atoms with Crippen LogP contribution in [-0.4, -0.2) is 109 Å². The van der Waals surface area contributed by atoms with Crippen molar-refractivity contribution in [2.24, 2.45) is 0 Å². The number of alkyl halides is 1. The third-order valence-corrected chi connectivity index (χ3v) is 8.21. The fraction of sp³-hybridized carbons (Fsp3) is 0.500. The molecule has 25 heteroatoms. The molecule has 0 aliphatic carbocycles. The quantitative estimate of drug-likeness (QED) is 0.0905. The molecule has 10 atom stereocenters. The lowest BCUT2D eigenvalue weighted by Gasteiger charge is -2.24. The number of phosphoric acid groups is 1. The molecule has 22 nitrogen and oxygen atoms in total. The standard InChI is InChI=1S/C20H23FN10O12P2/c21-7-10(32)6(41-17(7)30-3-26-8-13(22)24-2-25-14(8)30)1-40-45(37,38)43-12-11(33)19(39-5-44(35)36)42-18(12)31-4-27-9-15(31)28-20(23)29-16(9)34/h2-4,6-7,10-12,17-19,32-33H,1,5H2,(H6-,22,23,24,25,28,29,34,35,36,37,38)/p+1/t6-,7+,10+,11-,12+,17-,18-,19+/m1/s1. The maximum absolute atomic E-state index is 15.1. The van der Waals surface area contributed by atoms with Crippen LogP contribution in [-0.2, 0) is 32.4 Å². The van der Waals surface area contributed by atoms with Crippen molar-refractivity contribution < 1.29 is 56.8 Å². The average molecular weight is 677 g/mol. The highest BCUT2D eigenvalue weighted by molar-refractivity contribution is 7.47. The lowest BCUT2D eigenvalue weighted by Crippen LogP contribution is -2.35. The topological polar surface area (TPSA) is 320 Å². The van der Waals surface area contributed by atoms with E-state index in [1.54, 1.807) is 0 Å². The van der Waals surface area contributed by atoms with Gasteiger partial charge in [-0.1, -0.05) is 0 Å². The first kappa shape index (κ1) is 31.4. The molecule has 2 aliphatic heterocycles. The lowest BCUT2D eigenvalue weighted by atomic mass is 10.1. The van der Waals surface area contributed by atoms with Gasteiger partial charge in [-0.2, -0.15) is 9.88 Å². The van der Waals surface area contributed by atoms with Crippen molar-refractivity contribution in [3.63, 3.8) is 0 Å². The minimum Gasteiger partial charge on any atom is -0.387 e. The molecule has 6 heterocycles. The van der Waals surface area contributed by atoms with E-state index in [-0.39, 0.29) is 34.1 Å². The van der Waals surface area contributed by atoms with E-state index >= 15 is 4.39 Å². The molecular formula is C20H24FN10O12P2+. The largest absolute Gasteiger partial charge is 0.534 e. The maximum Gasteiger partial charge on any atom is 0.534 e. The summed E-state index contributed by atoms with van der Waals surface area (Å²) in [6.45, 7) is -0.879. The number of fused-ring (bicyclic) bond motifs is 2. The number of anilines is 2. The van der Waals surface area contributed by atoms with Crippen molar-refractivity contribution in [2.45, 2.75) is 49.3 Å². The zero-order valence-corrected chi connectivity index (χ0v) is 24.2. The molecule has 0 saturated carbocycles. The van der Waals surface area contributed by atoms with E-state index in [2.05, 4.69) is 29.9 Å². The minimum absolute atomic E-state index is 0.0230. The molecule has 242 valence electrons. The number of hydrogen-bond acceptors (Lipinski definition) is 17. The van der Waals surface area contributed by atoms with Gasteiger partial charge >= 0.3 is 15.9 Å². The summed E-state index contributed by atoms with van der Waals surface area (Å²) in [5.74, 6) is -0.291. The molecule has 4 aromatic rings. The van der Waals surface area contributed by atoms with Gasteiger partial charge in [0.2, 0.25) is 5.95 Å². The van der Waals surface area contributed by atoms with Crippen molar-refractivity contribution in [1.82, 2.24) is 39.0 Å². The number of imidazole rings is 2. The second-order valence-electron chi connectivity index (χ2n) is 9.73. The number of aliphatic hydroxyl groups excluding tert-OH is 2. The van der Waals surface area contributed by atoms with E-state index in [1.165, 1.54) is 6.33 Å². The van der Waals surface area contributed by atoms with Crippen molar-refractivity contribution in [1.29, 1.82) is 0 Å². The highest BCUT2D eigenvalue weighted by Crippen LogP contribution is 2.50. The first-order valence-corrected chi connectivity index (χ1v) is 15.6. The van der Waals surface area contributed by atoms with Crippen LogP contribution in [0.15, 0.2) is 23.8 Å². The van der Waals surface area contributed by atoms with E-state index in [0.29, 0.717) is 0 Å². The minimum atomic E-state index is -5.21. The number of nitrogens with zero attached hydrogens (tertiary/aromatic N) is 7. The smallest absolute Gasteiger partial charge is 0.387 e. The number of phosphoric ester groups is 1. The Hall–Kier alpha value is -3.60. The maximum atomic E-state index is 15.1. The molecule has 2 unspecified atom stereocenters. The first-order chi connectivity index (χ1) is 21.3. The molecule has 9 N–H and O–H groups in total. The summed E-state index contributed by atoms with van der Waals surface area (Å²) >= 11 is 0. The number of nitrogen functional groups attached to an aromatic ring is 2. The van der Waals surface area contributed by atoms with Gasteiger partial charge in [0.05, 0.1) is 19.3 Å². The summed E-state index contributed by atoms with van der Waals surface area (Å²) in [6, 6.07) is 0. The number of nitrogens with one attached hydrogen (secondary N) is 1. The Kier molecular flexibility index (Phi) is 8.34. The molecule has 0 radical (unpaired) electrons. The Morgan fingerprint density at radius 2 is 1.78 bits per heavy atom. The number of ether oxygens (including phenoxy) is 3. The predicted octanol–water partition coefficient (Wildman–Crippen LogP) is -1.85. The molecular weight excluding hydrogens is 653 g/mol. The van der Waals surface area contributed by atoms with Crippen molar-refractivity contribution in [2.75, 3.05) is 24.4 Å². The fourth-order valence-corrected chi connectivity index (χ4v) is 6.04. The van der Waals surface area contributed by atoms with Gasteiger partial charge in [0.1, 0.15) is 36.3 Å². The number of hydrogen-bond donors (Lipinski definition) is 7. The second-order valence-corrected chi connectivity index (χ2v) is 12.1. The van der Waals surface area contributed by atoms with E-state index in [4.69, 9.17) is 39.6 Å². The van der Waals surface area contributed by atoms with Crippen molar-refractivity contribution in [3.05, 3.63) is 29.3 Å².